The molecule has 0 atom stereocenters. The van der Waals surface area contributed by atoms with Crippen molar-refractivity contribution in [3.05, 3.63) is 81.2 Å². The number of hydrogen-bond acceptors (Lipinski definition) is 4. The Morgan fingerprint density at radius 2 is 1.93 bits per heavy atom. The number of nitrogens with zero attached hydrogens (tertiary/aromatic N) is 1. The number of allylic oxidation sites excluding steroid dienone is 2. The molecule has 30 heavy (non-hydrogen) atoms. The first kappa shape index (κ1) is 22.2. The summed E-state index contributed by atoms with van der Waals surface area (Å²) < 4.78 is 5.92. The maximum absolute atomic E-state index is 12.6. The molecule has 0 N–H and O–H groups in total. The van der Waals surface area contributed by atoms with Crippen LogP contribution in [0.15, 0.2) is 59.5 Å². The highest BCUT2D eigenvalue weighted by Gasteiger charge is 2.34. The number of rotatable bonds is 7. The van der Waals surface area contributed by atoms with E-state index in [9.17, 15) is 9.59 Å². The van der Waals surface area contributed by atoms with Crippen LogP contribution in [0.1, 0.15) is 36.5 Å². The zero-order valence-corrected chi connectivity index (χ0v) is 18.8. The zero-order chi connectivity index (χ0) is 21.7. The van der Waals surface area contributed by atoms with E-state index in [0.717, 1.165) is 34.2 Å². The minimum Gasteiger partial charge on any atom is -0.491 e. The summed E-state index contributed by atoms with van der Waals surface area (Å²) in [5.41, 5.74) is 3.07. The summed E-state index contributed by atoms with van der Waals surface area (Å²) in [6.07, 6.45) is 5.19. The van der Waals surface area contributed by atoms with E-state index >= 15 is 0 Å². The van der Waals surface area contributed by atoms with Crippen LogP contribution in [0, 0.1) is 6.92 Å². The van der Waals surface area contributed by atoms with Crippen molar-refractivity contribution >= 4 is 40.6 Å². The SMILES string of the molecule is Cc1ccc(C(C)C)c(OCCN2C(=O)S/C(=C\C=C\c3ccccc3Cl)C2=O)c1. The van der Waals surface area contributed by atoms with Crippen LogP contribution in [0.3, 0.4) is 0 Å². The minimum absolute atomic E-state index is 0.210. The Bertz CT molecular complexity index is 1010. The van der Waals surface area contributed by atoms with E-state index in [4.69, 9.17) is 16.3 Å². The van der Waals surface area contributed by atoms with Crippen LogP contribution in [0.2, 0.25) is 5.02 Å². The van der Waals surface area contributed by atoms with Gasteiger partial charge in [0.1, 0.15) is 12.4 Å². The third-order valence-corrected chi connectivity index (χ3v) is 5.94. The molecule has 6 heteroatoms. The molecule has 0 spiro atoms. The summed E-state index contributed by atoms with van der Waals surface area (Å²) in [4.78, 5) is 26.5. The topological polar surface area (TPSA) is 46.6 Å². The molecule has 4 nitrogen and oxygen atoms in total. The Labute approximate surface area is 186 Å². The van der Waals surface area contributed by atoms with Crippen molar-refractivity contribution in [2.24, 2.45) is 0 Å². The smallest absolute Gasteiger partial charge is 0.293 e. The van der Waals surface area contributed by atoms with E-state index in [1.807, 2.05) is 37.3 Å². The third kappa shape index (κ3) is 5.35. The van der Waals surface area contributed by atoms with E-state index in [1.165, 1.54) is 4.90 Å². The molecule has 0 saturated carbocycles. The summed E-state index contributed by atoms with van der Waals surface area (Å²) >= 11 is 7.06. The van der Waals surface area contributed by atoms with Gasteiger partial charge in [-0.3, -0.25) is 14.5 Å². The van der Waals surface area contributed by atoms with Gasteiger partial charge in [0.05, 0.1) is 11.4 Å². The second-order valence-electron chi connectivity index (χ2n) is 7.28. The maximum Gasteiger partial charge on any atom is 0.293 e. The van der Waals surface area contributed by atoms with Gasteiger partial charge in [-0.15, -0.1) is 0 Å². The number of ether oxygens (including phenoxy) is 1. The first-order chi connectivity index (χ1) is 14.4. The third-order valence-electron chi connectivity index (χ3n) is 4.67. The van der Waals surface area contributed by atoms with Crippen molar-refractivity contribution in [3.63, 3.8) is 0 Å². The molecule has 0 aromatic heterocycles. The normalized spacial score (nSPS) is 15.8. The summed E-state index contributed by atoms with van der Waals surface area (Å²) in [5.74, 6) is 0.826. The predicted octanol–water partition coefficient (Wildman–Crippen LogP) is 6.44. The van der Waals surface area contributed by atoms with E-state index < -0.39 is 0 Å². The fraction of sp³-hybridized carbons (Fsp3) is 0.250. The van der Waals surface area contributed by atoms with Gasteiger partial charge in [-0.2, -0.15) is 0 Å². The predicted molar refractivity (Wildman–Crippen MR) is 124 cm³/mol. The van der Waals surface area contributed by atoms with E-state index in [2.05, 4.69) is 26.0 Å². The van der Waals surface area contributed by atoms with Gasteiger partial charge in [0.25, 0.3) is 11.1 Å². The van der Waals surface area contributed by atoms with Crippen LogP contribution < -0.4 is 4.74 Å². The van der Waals surface area contributed by atoms with Crippen molar-refractivity contribution in [2.75, 3.05) is 13.2 Å². The molecule has 1 heterocycles. The average molecular weight is 442 g/mol. The molecule has 2 amide bonds. The van der Waals surface area contributed by atoms with Gasteiger partial charge in [-0.1, -0.05) is 67.9 Å². The van der Waals surface area contributed by atoms with Gasteiger partial charge in [0.2, 0.25) is 0 Å². The number of amides is 2. The largest absolute Gasteiger partial charge is 0.491 e. The summed E-state index contributed by atoms with van der Waals surface area (Å²) in [7, 11) is 0. The quantitative estimate of drug-likeness (QED) is 0.463. The van der Waals surface area contributed by atoms with Crippen LogP contribution in [-0.2, 0) is 4.79 Å². The van der Waals surface area contributed by atoms with E-state index in [-0.39, 0.29) is 24.3 Å². The molecule has 156 valence electrons. The number of carbonyl (C=O) groups excluding carboxylic acids is 2. The van der Waals surface area contributed by atoms with Crippen molar-refractivity contribution < 1.29 is 14.3 Å². The number of halogens is 1. The van der Waals surface area contributed by atoms with Crippen molar-refractivity contribution in [2.45, 2.75) is 26.7 Å². The van der Waals surface area contributed by atoms with Crippen LogP contribution in [0.25, 0.3) is 6.08 Å². The van der Waals surface area contributed by atoms with Crippen LogP contribution in [0.5, 0.6) is 5.75 Å². The van der Waals surface area contributed by atoms with Gasteiger partial charge >= 0.3 is 0 Å². The van der Waals surface area contributed by atoms with Crippen LogP contribution >= 0.6 is 23.4 Å². The van der Waals surface area contributed by atoms with Crippen molar-refractivity contribution in [3.8, 4) is 5.75 Å². The van der Waals surface area contributed by atoms with Gasteiger partial charge in [0.15, 0.2) is 0 Å². The van der Waals surface area contributed by atoms with Gasteiger partial charge < -0.3 is 4.74 Å². The van der Waals surface area contributed by atoms with E-state index in [0.29, 0.717) is 15.8 Å². The highest BCUT2D eigenvalue weighted by Crippen LogP contribution is 2.31. The molecular weight excluding hydrogens is 418 g/mol. The molecule has 1 fully saturated rings. The average Bonchev–Trinajstić information content (AvgIpc) is 2.97. The fourth-order valence-corrected chi connectivity index (χ4v) is 4.06. The molecular formula is C24H24ClNO3S. The lowest BCUT2D eigenvalue weighted by Crippen LogP contribution is -2.32. The second kappa shape index (κ2) is 10.0. The number of aryl methyl sites for hydroxylation is 1. The number of benzene rings is 2. The fourth-order valence-electron chi connectivity index (χ4n) is 3.05. The Balaban J connectivity index is 1.62. The van der Waals surface area contributed by atoms with Crippen molar-refractivity contribution in [1.82, 2.24) is 4.90 Å². The maximum atomic E-state index is 12.6. The summed E-state index contributed by atoms with van der Waals surface area (Å²) in [5, 5.41) is 0.346. The number of hydrogen-bond donors (Lipinski definition) is 0. The number of carbonyl (C=O) groups is 2. The molecule has 1 saturated heterocycles. The summed E-state index contributed by atoms with van der Waals surface area (Å²) in [6.45, 7) is 6.68. The Morgan fingerprint density at radius 3 is 2.67 bits per heavy atom. The molecule has 0 aliphatic carbocycles. The summed E-state index contributed by atoms with van der Waals surface area (Å²) in [6, 6.07) is 13.5. The van der Waals surface area contributed by atoms with Gasteiger partial charge in [0, 0.05) is 5.02 Å². The minimum atomic E-state index is -0.300. The number of imide groups is 1. The first-order valence-electron chi connectivity index (χ1n) is 9.76. The molecule has 0 radical (unpaired) electrons. The van der Waals surface area contributed by atoms with Crippen LogP contribution in [-0.4, -0.2) is 29.2 Å². The molecule has 0 unspecified atom stereocenters. The number of thioether (sulfide) groups is 1. The molecule has 3 rings (SSSR count). The lowest BCUT2D eigenvalue weighted by Gasteiger charge is -2.17. The Hall–Kier alpha value is -2.50. The van der Waals surface area contributed by atoms with Crippen LogP contribution in [0.4, 0.5) is 4.79 Å². The van der Waals surface area contributed by atoms with E-state index in [1.54, 1.807) is 18.2 Å². The van der Waals surface area contributed by atoms with Gasteiger partial charge in [-0.25, -0.2) is 0 Å². The Morgan fingerprint density at radius 1 is 1.17 bits per heavy atom. The molecule has 2 aromatic rings. The molecule has 0 bridgehead atoms. The molecule has 1 aliphatic rings. The molecule has 2 aromatic carbocycles. The standard InChI is InChI=1S/C24H24ClNO3S/c1-16(2)19-12-11-17(3)15-21(19)29-14-13-26-23(27)22(30-24(26)28)10-6-8-18-7-4-5-9-20(18)25/h4-12,15-16H,13-14H2,1-3H3/b8-6+,22-10-. The lowest BCUT2D eigenvalue weighted by molar-refractivity contribution is -0.123. The Kier molecular flexibility index (Phi) is 7.40. The lowest BCUT2D eigenvalue weighted by atomic mass is 10.0. The van der Waals surface area contributed by atoms with Crippen molar-refractivity contribution in [1.29, 1.82) is 0 Å². The highest BCUT2D eigenvalue weighted by atomic mass is 35.5. The first-order valence-corrected chi connectivity index (χ1v) is 11.0. The van der Waals surface area contributed by atoms with Gasteiger partial charge in [-0.05, 0) is 59.5 Å². The zero-order valence-electron chi connectivity index (χ0n) is 17.2. The highest BCUT2D eigenvalue weighted by molar-refractivity contribution is 8.18. The second-order valence-corrected chi connectivity index (χ2v) is 8.68. The monoisotopic (exact) mass is 441 g/mol. The molecule has 1 aliphatic heterocycles.